The highest BCUT2D eigenvalue weighted by molar-refractivity contribution is 6.30. The molecule has 2 aromatic rings. The lowest BCUT2D eigenvalue weighted by Gasteiger charge is -2.22. The predicted octanol–water partition coefficient (Wildman–Crippen LogP) is 3.06. The van der Waals surface area contributed by atoms with E-state index in [0.717, 1.165) is 5.56 Å². The summed E-state index contributed by atoms with van der Waals surface area (Å²) in [4.78, 5) is 25.6. The molecule has 0 spiro atoms. The average molecular weight is 361 g/mol. The third kappa shape index (κ3) is 5.50. The summed E-state index contributed by atoms with van der Waals surface area (Å²) in [6, 6.07) is 14.6. The Hall–Kier alpha value is -2.53. The first-order chi connectivity index (χ1) is 12.0. The summed E-state index contributed by atoms with van der Waals surface area (Å²) < 4.78 is 5.27. The van der Waals surface area contributed by atoms with Crippen LogP contribution in [0.4, 0.5) is 5.69 Å². The monoisotopic (exact) mass is 360 g/mol. The summed E-state index contributed by atoms with van der Waals surface area (Å²) in [5, 5.41) is 3.51. The lowest BCUT2D eigenvalue weighted by Crippen LogP contribution is -2.40. The molecule has 0 radical (unpaired) electrons. The number of para-hydroxylation sites is 2. The minimum atomic E-state index is -0.227. The molecule has 6 heteroatoms. The molecule has 1 N–H and O–H groups in total. The Morgan fingerprint density at radius 2 is 1.80 bits per heavy atom. The molecule has 2 amide bonds. The van der Waals surface area contributed by atoms with Gasteiger partial charge in [-0.2, -0.15) is 0 Å². The van der Waals surface area contributed by atoms with E-state index in [1.807, 2.05) is 30.3 Å². The molecular weight excluding hydrogens is 340 g/mol. The third-order valence-corrected chi connectivity index (χ3v) is 3.96. The SMILES string of the molecule is COc1ccccc1N(CC(=O)NCCc1ccc(Cl)cc1)C(C)=O. The molecule has 132 valence electrons. The highest BCUT2D eigenvalue weighted by Gasteiger charge is 2.18. The van der Waals surface area contributed by atoms with Gasteiger partial charge in [-0.3, -0.25) is 14.5 Å². The predicted molar refractivity (Wildman–Crippen MR) is 99.2 cm³/mol. The maximum Gasteiger partial charge on any atom is 0.240 e. The fraction of sp³-hybridized carbons (Fsp3) is 0.263. The van der Waals surface area contributed by atoms with Crippen molar-refractivity contribution < 1.29 is 14.3 Å². The number of hydrogen-bond donors (Lipinski definition) is 1. The zero-order chi connectivity index (χ0) is 18.2. The van der Waals surface area contributed by atoms with Gasteiger partial charge in [0.2, 0.25) is 11.8 Å². The van der Waals surface area contributed by atoms with E-state index in [1.165, 1.54) is 18.9 Å². The van der Waals surface area contributed by atoms with Gasteiger partial charge in [-0.05, 0) is 36.2 Å². The Labute approximate surface area is 152 Å². The number of carbonyl (C=O) groups is 2. The van der Waals surface area contributed by atoms with Crippen molar-refractivity contribution in [3.8, 4) is 5.75 Å². The molecule has 0 heterocycles. The first-order valence-electron chi connectivity index (χ1n) is 7.93. The van der Waals surface area contributed by atoms with Gasteiger partial charge in [-0.15, -0.1) is 0 Å². The number of hydrogen-bond acceptors (Lipinski definition) is 3. The van der Waals surface area contributed by atoms with Crippen LogP contribution < -0.4 is 15.0 Å². The summed E-state index contributed by atoms with van der Waals surface area (Å²) in [6.07, 6.45) is 0.692. The van der Waals surface area contributed by atoms with Crippen molar-refractivity contribution in [1.29, 1.82) is 0 Å². The molecule has 0 aliphatic heterocycles. The lowest BCUT2D eigenvalue weighted by molar-refractivity contribution is -0.123. The van der Waals surface area contributed by atoms with Gasteiger partial charge in [0.15, 0.2) is 0 Å². The zero-order valence-electron chi connectivity index (χ0n) is 14.3. The summed E-state index contributed by atoms with van der Waals surface area (Å²) in [5.74, 6) is 0.0964. The molecule has 0 unspecified atom stereocenters. The van der Waals surface area contributed by atoms with Crippen LogP contribution in [0.2, 0.25) is 5.02 Å². The second-order valence-electron chi connectivity index (χ2n) is 5.50. The number of methoxy groups -OCH3 is 1. The largest absolute Gasteiger partial charge is 0.495 e. The lowest BCUT2D eigenvalue weighted by atomic mass is 10.1. The molecule has 0 saturated heterocycles. The topological polar surface area (TPSA) is 58.6 Å². The van der Waals surface area contributed by atoms with Crippen LogP contribution in [0.15, 0.2) is 48.5 Å². The Morgan fingerprint density at radius 3 is 2.44 bits per heavy atom. The maximum atomic E-state index is 12.2. The molecule has 25 heavy (non-hydrogen) atoms. The van der Waals surface area contributed by atoms with E-state index in [9.17, 15) is 9.59 Å². The number of ether oxygens (including phenoxy) is 1. The quantitative estimate of drug-likeness (QED) is 0.825. The molecule has 2 rings (SSSR count). The molecule has 0 aliphatic carbocycles. The van der Waals surface area contributed by atoms with Gasteiger partial charge in [-0.1, -0.05) is 35.9 Å². The zero-order valence-corrected chi connectivity index (χ0v) is 15.0. The van der Waals surface area contributed by atoms with Crippen molar-refractivity contribution in [2.24, 2.45) is 0 Å². The van der Waals surface area contributed by atoms with Gasteiger partial charge < -0.3 is 10.1 Å². The van der Waals surface area contributed by atoms with Crippen LogP contribution in [0.1, 0.15) is 12.5 Å². The van der Waals surface area contributed by atoms with Gasteiger partial charge in [0, 0.05) is 18.5 Å². The molecule has 0 saturated carbocycles. The molecule has 2 aromatic carbocycles. The molecule has 0 aromatic heterocycles. The van der Waals surface area contributed by atoms with Crippen molar-refractivity contribution >= 4 is 29.1 Å². The van der Waals surface area contributed by atoms with Crippen LogP contribution >= 0.6 is 11.6 Å². The fourth-order valence-corrected chi connectivity index (χ4v) is 2.54. The van der Waals surface area contributed by atoms with Crippen molar-refractivity contribution in [3.63, 3.8) is 0 Å². The molecular formula is C19H21ClN2O3. The van der Waals surface area contributed by atoms with E-state index < -0.39 is 0 Å². The van der Waals surface area contributed by atoms with Gasteiger partial charge in [0.05, 0.1) is 12.8 Å². The minimum absolute atomic E-state index is 0.0592. The van der Waals surface area contributed by atoms with Crippen molar-refractivity contribution in [1.82, 2.24) is 5.32 Å². The first-order valence-corrected chi connectivity index (χ1v) is 8.31. The van der Waals surface area contributed by atoms with E-state index in [1.54, 1.807) is 18.2 Å². The highest BCUT2D eigenvalue weighted by atomic mass is 35.5. The number of anilines is 1. The molecule has 0 atom stereocenters. The number of rotatable bonds is 7. The van der Waals surface area contributed by atoms with Crippen LogP contribution in [0.5, 0.6) is 5.75 Å². The number of halogens is 1. The second kappa shape index (κ2) is 9.08. The maximum absolute atomic E-state index is 12.2. The van der Waals surface area contributed by atoms with Crippen LogP contribution in [-0.4, -0.2) is 32.0 Å². The summed E-state index contributed by atoms with van der Waals surface area (Å²) in [6.45, 7) is 1.85. The van der Waals surface area contributed by atoms with E-state index in [2.05, 4.69) is 5.32 Å². The second-order valence-corrected chi connectivity index (χ2v) is 5.94. The van der Waals surface area contributed by atoms with Gasteiger partial charge >= 0.3 is 0 Å². The smallest absolute Gasteiger partial charge is 0.240 e. The van der Waals surface area contributed by atoms with E-state index in [0.29, 0.717) is 29.4 Å². The van der Waals surface area contributed by atoms with Crippen molar-refractivity contribution in [3.05, 3.63) is 59.1 Å². The van der Waals surface area contributed by atoms with Crippen LogP contribution in [0, 0.1) is 0 Å². The number of carbonyl (C=O) groups excluding carboxylic acids is 2. The van der Waals surface area contributed by atoms with E-state index in [4.69, 9.17) is 16.3 Å². The molecule has 0 bridgehead atoms. The third-order valence-electron chi connectivity index (χ3n) is 3.71. The Bertz CT molecular complexity index is 732. The van der Waals surface area contributed by atoms with Gasteiger partial charge in [0.25, 0.3) is 0 Å². The van der Waals surface area contributed by atoms with Crippen molar-refractivity contribution in [2.75, 3.05) is 25.1 Å². The number of benzene rings is 2. The van der Waals surface area contributed by atoms with Crippen LogP contribution in [0.3, 0.4) is 0 Å². The van der Waals surface area contributed by atoms with Crippen molar-refractivity contribution in [2.45, 2.75) is 13.3 Å². The number of nitrogens with zero attached hydrogens (tertiary/aromatic N) is 1. The van der Waals surface area contributed by atoms with Gasteiger partial charge in [-0.25, -0.2) is 0 Å². The summed E-state index contributed by atoms with van der Waals surface area (Å²) in [5.41, 5.74) is 1.66. The number of nitrogens with one attached hydrogen (secondary N) is 1. The average Bonchev–Trinajstić information content (AvgIpc) is 2.61. The minimum Gasteiger partial charge on any atom is -0.495 e. The van der Waals surface area contributed by atoms with Crippen LogP contribution in [0.25, 0.3) is 0 Å². The van der Waals surface area contributed by atoms with Gasteiger partial charge in [0.1, 0.15) is 12.3 Å². The molecule has 0 aliphatic rings. The first kappa shape index (κ1) is 18.8. The summed E-state index contributed by atoms with van der Waals surface area (Å²) in [7, 11) is 1.53. The number of amides is 2. The molecule has 0 fully saturated rings. The van der Waals surface area contributed by atoms with E-state index in [-0.39, 0.29) is 18.4 Å². The Kier molecular flexibility index (Phi) is 6.83. The molecule has 5 nitrogen and oxygen atoms in total. The Morgan fingerprint density at radius 1 is 1.12 bits per heavy atom. The summed E-state index contributed by atoms with van der Waals surface area (Å²) >= 11 is 5.85. The van der Waals surface area contributed by atoms with Crippen LogP contribution in [-0.2, 0) is 16.0 Å². The Balaban J connectivity index is 1.94. The standard InChI is InChI=1S/C19H21ClN2O3/c1-14(23)22(17-5-3-4-6-18(17)25-2)13-19(24)21-12-11-15-7-9-16(20)10-8-15/h3-10H,11-13H2,1-2H3,(H,21,24). The fourth-order valence-electron chi connectivity index (χ4n) is 2.42. The highest BCUT2D eigenvalue weighted by Crippen LogP contribution is 2.27. The van der Waals surface area contributed by atoms with E-state index >= 15 is 0 Å². The normalized spacial score (nSPS) is 10.2.